The van der Waals surface area contributed by atoms with E-state index in [-0.39, 0.29) is 5.91 Å². The van der Waals surface area contributed by atoms with Gasteiger partial charge >= 0.3 is 0 Å². The monoisotopic (exact) mass is 276 g/mol. The summed E-state index contributed by atoms with van der Waals surface area (Å²) >= 11 is 0. The second-order valence-corrected chi connectivity index (χ2v) is 5.27. The van der Waals surface area contributed by atoms with Crippen molar-refractivity contribution in [3.63, 3.8) is 0 Å². The number of amides is 1. The summed E-state index contributed by atoms with van der Waals surface area (Å²) in [5.74, 6) is 0.0332. The van der Waals surface area contributed by atoms with E-state index in [4.69, 9.17) is 0 Å². The summed E-state index contributed by atoms with van der Waals surface area (Å²) in [7, 11) is 1.84. The molecule has 1 atom stereocenters. The molecule has 1 fully saturated rings. The molecule has 1 saturated heterocycles. The molecular formula is C15H24N4O. The number of pyridine rings is 1. The number of piperazine rings is 1. The van der Waals surface area contributed by atoms with Crippen LogP contribution in [0.15, 0.2) is 18.3 Å². The highest BCUT2D eigenvalue weighted by Crippen LogP contribution is 2.13. The van der Waals surface area contributed by atoms with E-state index in [0.29, 0.717) is 11.7 Å². The summed E-state index contributed by atoms with van der Waals surface area (Å²) in [6, 6.07) is 4.26. The third-order valence-electron chi connectivity index (χ3n) is 4.08. The van der Waals surface area contributed by atoms with E-state index in [0.717, 1.165) is 38.3 Å². The highest BCUT2D eigenvalue weighted by Gasteiger charge is 2.24. The molecule has 20 heavy (non-hydrogen) atoms. The lowest BCUT2D eigenvalue weighted by atomic mass is 10.2. The van der Waals surface area contributed by atoms with Gasteiger partial charge in [0.1, 0.15) is 5.69 Å². The molecular weight excluding hydrogens is 252 g/mol. The van der Waals surface area contributed by atoms with Crippen LogP contribution in [0.25, 0.3) is 0 Å². The fourth-order valence-electron chi connectivity index (χ4n) is 2.49. The predicted octanol–water partition coefficient (Wildman–Crippen LogP) is 1.68. The zero-order valence-corrected chi connectivity index (χ0v) is 12.6. The van der Waals surface area contributed by atoms with Gasteiger partial charge in [-0.2, -0.15) is 0 Å². The number of carbonyl (C=O) groups excluding carboxylic acids is 1. The lowest BCUT2D eigenvalue weighted by Gasteiger charge is -2.37. The van der Waals surface area contributed by atoms with Crippen LogP contribution in [-0.2, 0) is 0 Å². The Morgan fingerprint density at radius 3 is 2.70 bits per heavy atom. The maximum Gasteiger partial charge on any atom is 0.272 e. The second-order valence-electron chi connectivity index (χ2n) is 5.27. The summed E-state index contributed by atoms with van der Waals surface area (Å²) < 4.78 is 0. The van der Waals surface area contributed by atoms with Crippen LogP contribution in [-0.4, -0.2) is 60.0 Å². The van der Waals surface area contributed by atoms with Crippen molar-refractivity contribution in [3.8, 4) is 0 Å². The Balaban J connectivity index is 1.97. The molecule has 1 unspecified atom stereocenters. The Hall–Kier alpha value is -1.62. The van der Waals surface area contributed by atoms with Crippen molar-refractivity contribution in [2.24, 2.45) is 0 Å². The quantitative estimate of drug-likeness (QED) is 0.909. The summed E-state index contributed by atoms with van der Waals surface area (Å²) in [6.07, 6.45) is 2.83. The molecule has 2 heterocycles. The third-order valence-corrected chi connectivity index (χ3v) is 4.08. The fourth-order valence-corrected chi connectivity index (χ4v) is 2.49. The van der Waals surface area contributed by atoms with Crippen molar-refractivity contribution < 1.29 is 4.79 Å². The molecule has 1 aromatic rings. The highest BCUT2D eigenvalue weighted by atomic mass is 16.2. The predicted molar refractivity (Wildman–Crippen MR) is 81.0 cm³/mol. The fraction of sp³-hybridized carbons (Fsp3) is 0.600. The number of aromatic nitrogens is 1. The summed E-state index contributed by atoms with van der Waals surface area (Å²) in [6.45, 7) is 7.92. The number of nitrogens with zero attached hydrogens (tertiary/aromatic N) is 3. The molecule has 0 radical (unpaired) electrons. The first-order valence-corrected chi connectivity index (χ1v) is 7.32. The number of anilines is 1. The van der Waals surface area contributed by atoms with E-state index in [1.54, 1.807) is 6.20 Å². The van der Waals surface area contributed by atoms with Gasteiger partial charge in [-0.25, -0.2) is 0 Å². The molecule has 0 aliphatic carbocycles. The molecule has 0 saturated carbocycles. The maximum absolute atomic E-state index is 12.4. The van der Waals surface area contributed by atoms with E-state index in [2.05, 4.69) is 29.0 Å². The highest BCUT2D eigenvalue weighted by molar-refractivity contribution is 5.93. The van der Waals surface area contributed by atoms with Crippen LogP contribution in [0.1, 0.15) is 30.8 Å². The Morgan fingerprint density at radius 2 is 2.10 bits per heavy atom. The smallest absolute Gasteiger partial charge is 0.272 e. The molecule has 0 bridgehead atoms. The maximum atomic E-state index is 12.4. The van der Waals surface area contributed by atoms with Gasteiger partial charge in [-0.1, -0.05) is 6.92 Å². The Labute approximate surface area is 121 Å². The van der Waals surface area contributed by atoms with Gasteiger partial charge in [-0.15, -0.1) is 0 Å². The minimum absolute atomic E-state index is 0.0332. The van der Waals surface area contributed by atoms with Crippen molar-refractivity contribution >= 4 is 11.6 Å². The Morgan fingerprint density at radius 1 is 1.40 bits per heavy atom. The van der Waals surface area contributed by atoms with Crippen LogP contribution < -0.4 is 5.32 Å². The molecule has 1 aliphatic rings. The minimum atomic E-state index is 0.0332. The molecule has 1 aromatic heterocycles. The minimum Gasteiger partial charge on any atom is -0.388 e. The van der Waals surface area contributed by atoms with Gasteiger partial charge in [0, 0.05) is 51.2 Å². The third kappa shape index (κ3) is 3.28. The van der Waals surface area contributed by atoms with Crippen molar-refractivity contribution in [2.75, 3.05) is 38.5 Å². The van der Waals surface area contributed by atoms with Crippen LogP contribution >= 0.6 is 0 Å². The van der Waals surface area contributed by atoms with Gasteiger partial charge in [0.2, 0.25) is 0 Å². The molecule has 1 N–H and O–H groups in total. The zero-order chi connectivity index (χ0) is 14.5. The van der Waals surface area contributed by atoms with E-state index < -0.39 is 0 Å². The summed E-state index contributed by atoms with van der Waals surface area (Å²) in [4.78, 5) is 21.0. The number of hydrogen-bond acceptors (Lipinski definition) is 4. The molecule has 5 nitrogen and oxygen atoms in total. The molecule has 1 aliphatic heterocycles. The zero-order valence-electron chi connectivity index (χ0n) is 12.6. The van der Waals surface area contributed by atoms with Gasteiger partial charge < -0.3 is 10.2 Å². The molecule has 0 spiro atoms. The number of carbonyl (C=O) groups is 1. The largest absolute Gasteiger partial charge is 0.388 e. The lowest BCUT2D eigenvalue weighted by molar-refractivity contribution is 0.0574. The van der Waals surface area contributed by atoms with Crippen LogP contribution in [0.3, 0.4) is 0 Å². The topological polar surface area (TPSA) is 48.5 Å². The van der Waals surface area contributed by atoms with Crippen LogP contribution in [0.4, 0.5) is 5.69 Å². The second kappa shape index (κ2) is 6.70. The summed E-state index contributed by atoms with van der Waals surface area (Å²) in [5, 5.41) is 3.04. The van der Waals surface area contributed by atoms with Crippen molar-refractivity contribution in [1.29, 1.82) is 0 Å². The molecule has 1 amide bonds. The molecule has 2 rings (SSSR count). The van der Waals surface area contributed by atoms with Gasteiger partial charge in [0.05, 0.1) is 0 Å². The first kappa shape index (κ1) is 14.8. The standard InChI is InChI=1S/C15H24N4O/c1-4-12(2)18-7-9-19(10-8-18)15(20)14-11-13(16-3)5-6-17-14/h5-6,11-12H,4,7-10H2,1-3H3,(H,16,17). The van der Waals surface area contributed by atoms with Crippen molar-refractivity contribution in [1.82, 2.24) is 14.8 Å². The SMILES string of the molecule is CCC(C)N1CCN(C(=O)c2cc(NC)ccn2)CC1. The number of rotatable bonds is 4. The van der Waals surface area contributed by atoms with Gasteiger partial charge in [-0.3, -0.25) is 14.7 Å². The molecule has 110 valence electrons. The lowest BCUT2D eigenvalue weighted by Crippen LogP contribution is -2.51. The van der Waals surface area contributed by atoms with E-state index in [1.807, 2.05) is 24.1 Å². The normalized spacial score (nSPS) is 17.9. The summed E-state index contributed by atoms with van der Waals surface area (Å²) in [5.41, 5.74) is 1.44. The van der Waals surface area contributed by atoms with Gasteiger partial charge in [0.25, 0.3) is 5.91 Å². The molecule has 5 heteroatoms. The average Bonchev–Trinajstić information content (AvgIpc) is 2.53. The van der Waals surface area contributed by atoms with Crippen molar-refractivity contribution in [2.45, 2.75) is 26.3 Å². The molecule has 0 aromatic carbocycles. The first-order chi connectivity index (χ1) is 9.65. The number of hydrogen-bond donors (Lipinski definition) is 1. The average molecular weight is 276 g/mol. The van der Waals surface area contributed by atoms with Crippen molar-refractivity contribution in [3.05, 3.63) is 24.0 Å². The van der Waals surface area contributed by atoms with Gasteiger partial charge in [0.15, 0.2) is 0 Å². The van der Waals surface area contributed by atoms with Gasteiger partial charge in [-0.05, 0) is 25.5 Å². The Bertz CT molecular complexity index is 455. The number of nitrogens with one attached hydrogen (secondary N) is 1. The van der Waals surface area contributed by atoms with Crippen LogP contribution in [0.5, 0.6) is 0 Å². The van der Waals surface area contributed by atoms with Crippen LogP contribution in [0, 0.1) is 0 Å². The van der Waals surface area contributed by atoms with E-state index in [1.165, 1.54) is 0 Å². The Kier molecular flexibility index (Phi) is 4.95. The van der Waals surface area contributed by atoms with E-state index in [9.17, 15) is 4.79 Å². The first-order valence-electron chi connectivity index (χ1n) is 7.32. The van der Waals surface area contributed by atoms with E-state index >= 15 is 0 Å². The van der Waals surface area contributed by atoms with Crippen LogP contribution in [0.2, 0.25) is 0 Å².